The van der Waals surface area contributed by atoms with Crippen LogP contribution in [0, 0.1) is 31.3 Å². The third kappa shape index (κ3) is 8.77. The molecule has 6 aromatic heterocycles. The van der Waals surface area contributed by atoms with Crippen molar-refractivity contribution >= 4 is 103 Å². The van der Waals surface area contributed by atoms with E-state index >= 15 is 0 Å². The topological polar surface area (TPSA) is 86.2 Å². The van der Waals surface area contributed by atoms with Gasteiger partial charge in [-0.25, -0.2) is 29.0 Å². The minimum absolute atomic E-state index is 0.408. The van der Waals surface area contributed by atoms with Gasteiger partial charge in [0.05, 0.1) is 25.4 Å². The van der Waals surface area contributed by atoms with Gasteiger partial charge < -0.3 is 0 Å². The number of aryl methyl sites for hydroxylation is 4. The van der Waals surface area contributed by atoms with Crippen LogP contribution in [0.3, 0.4) is 0 Å². The molecule has 252 valence electrons. The molecule has 0 aliphatic carbocycles. The standard InChI is InChI=1S/C16H18Cl2N4S.C13H18IN3.C3HCl2NS/c1-5-10(6-2)11-7-8(3)19-15-12(9(4)21-22(11)15)13-14(17)20-16(18)23-13;1-5-10(6-2)11-7-8(3)15-13-12(14)9(4)16-17(11)13;4-2-1-7-3(5)6-2/h7,10H,5-6H2,1-4H3;7,10H,5-6H2,1-4H3;1H. The van der Waals surface area contributed by atoms with Crippen LogP contribution >= 0.6 is 91.7 Å². The Bertz CT molecular complexity index is 1960. The molecule has 0 saturated carbocycles. The summed E-state index contributed by atoms with van der Waals surface area (Å²) in [6, 6.07) is 4.30. The van der Waals surface area contributed by atoms with E-state index in [-0.39, 0.29) is 0 Å². The van der Waals surface area contributed by atoms with Gasteiger partial charge >= 0.3 is 0 Å². The lowest BCUT2D eigenvalue weighted by Crippen LogP contribution is -2.07. The van der Waals surface area contributed by atoms with Gasteiger partial charge in [0.2, 0.25) is 0 Å². The lowest BCUT2D eigenvalue weighted by Gasteiger charge is -2.15. The smallest absolute Gasteiger partial charge is 0.185 e. The molecular formula is C32H37Cl4IN8S2. The summed E-state index contributed by atoms with van der Waals surface area (Å²) >= 11 is 28.1. The molecule has 0 aliphatic heterocycles. The highest BCUT2D eigenvalue weighted by Gasteiger charge is 2.23. The van der Waals surface area contributed by atoms with Gasteiger partial charge in [0.1, 0.15) is 10.3 Å². The highest BCUT2D eigenvalue weighted by atomic mass is 127. The number of rotatable bonds is 7. The van der Waals surface area contributed by atoms with Crippen LogP contribution in [-0.2, 0) is 0 Å². The van der Waals surface area contributed by atoms with E-state index in [4.69, 9.17) is 56.5 Å². The number of aromatic nitrogens is 8. The van der Waals surface area contributed by atoms with Crippen molar-refractivity contribution in [3.8, 4) is 10.4 Å². The molecule has 0 atom stereocenters. The maximum absolute atomic E-state index is 6.26. The molecule has 0 spiro atoms. The Hall–Kier alpha value is -1.61. The maximum atomic E-state index is 6.26. The van der Waals surface area contributed by atoms with Crippen molar-refractivity contribution in [2.24, 2.45) is 0 Å². The second kappa shape index (κ2) is 16.9. The predicted molar refractivity (Wildman–Crippen MR) is 208 cm³/mol. The largest absolute Gasteiger partial charge is 0.233 e. The molecule has 0 unspecified atom stereocenters. The van der Waals surface area contributed by atoms with Gasteiger partial charge in [-0.1, -0.05) is 74.1 Å². The molecule has 0 radical (unpaired) electrons. The van der Waals surface area contributed by atoms with Crippen LogP contribution in [0.2, 0.25) is 19.2 Å². The van der Waals surface area contributed by atoms with Crippen molar-refractivity contribution in [2.45, 2.75) is 92.9 Å². The molecular weight excluding hydrogens is 829 g/mol. The highest BCUT2D eigenvalue weighted by Crippen LogP contribution is 2.40. The zero-order chi connectivity index (χ0) is 34.6. The SMILES string of the molecule is CCC(CC)c1cc(C)nc2c(-c3sc(Cl)nc3Cl)c(C)nn12.CCC(CC)c1cc(C)nc2c(I)c(C)nn12.Clc1csc(Cl)n1. The molecule has 0 fully saturated rings. The Labute approximate surface area is 317 Å². The molecule has 6 aromatic rings. The van der Waals surface area contributed by atoms with E-state index < -0.39 is 0 Å². The maximum Gasteiger partial charge on any atom is 0.185 e. The van der Waals surface area contributed by atoms with E-state index in [1.165, 1.54) is 37.6 Å². The average molecular weight is 867 g/mol. The summed E-state index contributed by atoms with van der Waals surface area (Å²) in [6.45, 7) is 17.0. The van der Waals surface area contributed by atoms with Gasteiger partial charge in [-0.3, -0.25) is 0 Å². The summed E-state index contributed by atoms with van der Waals surface area (Å²) in [7, 11) is 0. The molecule has 47 heavy (non-hydrogen) atoms. The van der Waals surface area contributed by atoms with Gasteiger partial charge in [0.25, 0.3) is 0 Å². The normalized spacial score (nSPS) is 11.4. The summed E-state index contributed by atoms with van der Waals surface area (Å²) in [5.41, 5.74) is 9.26. The second-order valence-electron chi connectivity index (χ2n) is 11.0. The molecule has 15 heteroatoms. The van der Waals surface area contributed by atoms with Crippen LogP contribution in [0.1, 0.15) is 99.4 Å². The molecule has 6 rings (SSSR count). The second-order valence-corrected chi connectivity index (χ2v) is 15.9. The van der Waals surface area contributed by atoms with Crippen LogP contribution in [0.5, 0.6) is 0 Å². The molecule has 0 saturated heterocycles. The third-order valence-corrected chi connectivity index (χ3v) is 11.9. The minimum Gasteiger partial charge on any atom is -0.233 e. The van der Waals surface area contributed by atoms with E-state index in [0.29, 0.717) is 31.1 Å². The fourth-order valence-electron chi connectivity index (χ4n) is 5.45. The lowest BCUT2D eigenvalue weighted by atomic mass is 9.98. The Morgan fingerprint density at radius 3 is 1.64 bits per heavy atom. The Kier molecular flexibility index (Phi) is 13.7. The Morgan fingerprint density at radius 1 is 0.702 bits per heavy atom. The zero-order valence-electron chi connectivity index (χ0n) is 27.5. The molecule has 0 amide bonds. The van der Waals surface area contributed by atoms with Crippen molar-refractivity contribution in [3.05, 3.63) is 74.5 Å². The fraction of sp³-hybridized carbons (Fsp3) is 0.438. The third-order valence-electron chi connectivity index (χ3n) is 7.81. The Morgan fingerprint density at radius 2 is 1.21 bits per heavy atom. The van der Waals surface area contributed by atoms with Crippen molar-refractivity contribution < 1.29 is 0 Å². The minimum atomic E-state index is 0.408. The van der Waals surface area contributed by atoms with Gasteiger partial charge in [-0.2, -0.15) is 10.2 Å². The van der Waals surface area contributed by atoms with Crippen LogP contribution < -0.4 is 0 Å². The van der Waals surface area contributed by atoms with Gasteiger partial charge in [-0.05, 0) is 88.1 Å². The van der Waals surface area contributed by atoms with Crippen LogP contribution in [0.4, 0.5) is 0 Å². The number of thiazole rings is 2. The number of halogens is 5. The van der Waals surface area contributed by atoms with Gasteiger partial charge in [0.15, 0.2) is 20.2 Å². The number of nitrogens with zero attached hydrogens (tertiary/aromatic N) is 8. The quantitative estimate of drug-likeness (QED) is 0.149. The summed E-state index contributed by atoms with van der Waals surface area (Å²) in [6.07, 6.45) is 4.42. The molecule has 8 nitrogen and oxygen atoms in total. The first kappa shape index (κ1) is 38.2. The monoisotopic (exact) mass is 864 g/mol. The molecule has 0 bridgehead atoms. The van der Waals surface area contributed by atoms with E-state index in [1.807, 2.05) is 29.8 Å². The summed E-state index contributed by atoms with van der Waals surface area (Å²) < 4.78 is 6.07. The van der Waals surface area contributed by atoms with Crippen LogP contribution in [0.15, 0.2) is 17.5 Å². The average Bonchev–Trinajstić information content (AvgIpc) is 3.75. The van der Waals surface area contributed by atoms with Crippen molar-refractivity contribution in [1.82, 2.24) is 39.2 Å². The summed E-state index contributed by atoms with van der Waals surface area (Å²) in [5, 5.41) is 11.9. The van der Waals surface area contributed by atoms with Crippen LogP contribution in [0.25, 0.3) is 21.7 Å². The predicted octanol–water partition coefficient (Wildman–Crippen LogP) is 12.0. The van der Waals surface area contributed by atoms with E-state index in [1.54, 1.807) is 5.38 Å². The van der Waals surface area contributed by atoms with Crippen molar-refractivity contribution in [1.29, 1.82) is 0 Å². The zero-order valence-corrected chi connectivity index (χ0v) is 34.3. The number of fused-ring (bicyclic) bond motifs is 2. The van der Waals surface area contributed by atoms with Gasteiger partial charge in [0, 0.05) is 40.0 Å². The summed E-state index contributed by atoms with van der Waals surface area (Å²) in [5.74, 6) is 1.01. The molecule has 0 aliphatic rings. The van der Waals surface area contributed by atoms with E-state index in [0.717, 1.165) is 70.2 Å². The van der Waals surface area contributed by atoms with Crippen LogP contribution in [-0.4, -0.2) is 39.2 Å². The first-order valence-electron chi connectivity index (χ1n) is 15.3. The fourth-order valence-corrected chi connectivity index (χ4v) is 8.32. The molecule has 0 N–H and O–H groups in total. The van der Waals surface area contributed by atoms with Gasteiger partial charge in [-0.15, -0.1) is 22.7 Å². The van der Waals surface area contributed by atoms with E-state index in [9.17, 15) is 0 Å². The first-order chi connectivity index (χ1) is 22.3. The lowest BCUT2D eigenvalue weighted by molar-refractivity contribution is 0.598. The summed E-state index contributed by atoms with van der Waals surface area (Å²) in [4.78, 5) is 17.9. The van der Waals surface area contributed by atoms with Crippen molar-refractivity contribution in [3.63, 3.8) is 0 Å². The highest BCUT2D eigenvalue weighted by molar-refractivity contribution is 14.1. The molecule has 0 aromatic carbocycles. The molecule has 6 heterocycles. The first-order valence-corrected chi connectivity index (χ1v) is 19.6. The Balaban J connectivity index is 0.000000182. The number of hydrogen-bond acceptors (Lipinski definition) is 8. The van der Waals surface area contributed by atoms with Crippen molar-refractivity contribution in [2.75, 3.05) is 0 Å². The number of hydrogen-bond donors (Lipinski definition) is 0. The van der Waals surface area contributed by atoms with E-state index in [2.05, 4.69) is 89.4 Å².